The maximum Gasteiger partial charge on any atom is 0.242 e. The number of hydrogen-bond acceptors (Lipinski definition) is 5. The molecule has 0 aromatic carbocycles. The van der Waals surface area contributed by atoms with Gasteiger partial charge in [0, 0.05) is 10.9 Å². The summed E-state index contributed by atoms with van der Waals surface area (Å²) in [5, 5.41) is 8.14. The number of thiazole rings is 1. The summed E-state index contributed by atoms with van der Waals surface area (Å²) in [4.78, 5) is 17.9. The van der Waals surface area contributed by atoms with Crippen LogP contribution in [-0.4, -0.2) is 20.7 Å². The molecule has 2 aromatic rings. The monoisotopic (exact) mass is 307 g/mol. The maximum atomic E-state index is 12.2. The second-order valence-electron chi connectivity index (χ2n) is 5.09. The summed E-state index contributed by atoms with van der Waals surface area (Å²) in [5.74, 6) is 0.388. The largest absolute Gasteiger partial charge is 0.384 e. The van der Waals surface area contributed by atoms with Crippen molar-refractivity contribution in [3.63, 3.8) is 0 Å². The van der Waals surface area contributed by atoms with Gasteiger partial charge in [0.15, 0.2) is 0 Å². The van der Waals surface area contributed by atoms with Crippen LogP contribution in [-0.2, 0) is 11.3 Å². The number of rotatable bonds is 5. The Bertz CT molecular complexity index is 626. The van der Waals surface area contributed by atoms with E-state index < -0.39 is 0 Å². The molecule has 0 spiro atoms. The molecule has 1 atom stereocenters. The van der Waals surface area contributed by atoms with Crippen molar-refractivity contribution >= 4 is 23.1 Å². The average molecular weight is 307 g/mol. The Morgan fingerprint density at radius 3 is 2.67 bits per heavy atom. The molecular formula is C14H21N5OS. The molecule has 6 nitrogen and oxygen atoms in total. The van der Waals surface area contributed by atoms with E-state index >= 15 is 0 Å². The van der Waals surface area contributed by atoms with Crippen LogP contribution in [0.2, 0.25) is 0 Å². The number of nitrogens with two attached hydrogens (primary N) is 1. The lowest BCUT2D eigenvalue weighted by Gasteiger charge is -2.14. The van der Waals surface area contributed by atoms with Crippen LogP contribution >= 0.6 is 11.3 Å². The lowest BCUT2D eigenvalue weighted by Crippen LogP contribution is -2.31. The van der Waals surface area contributed by atoms with Gasteiger partial charge in [0.1, 0.15) is 17.4 Å². The quantitative estimate of drug-likeness (QED) is 0.886. The van der Waals surface area contributed by atoms with E-state index in [1.807, 2.05) is 27.7 Å². The molecular weight excluding hydrogens is 286 g/mol. The predicted molar refractivity (Wildman–Crippen MR) is 84.1 cm³/mol. The molecule has 21 heavy (non-hydrogen) atoms. The molecule has 0 bridgehead atoms. The van der Waals surface area contributed by atoms with E-state index in [-0.39, 0.29) is 18.5 Å². The molecule has 114 valence electrons. The minimum atomic E-state index is -0.109. The number of aryl methyl sites for hydroxylation is 3. The molecule has 2 rings (SSSR count). The second-order valence-corrected chi connectivity index (χ2v) is 6.33. The van der Waals surface area contributed by atoms with Crippen LogP contribution in [0.25, 0.3) is 0 Å². The molecule has 0 unspecified atom stereocenters. The molecule has 7 heteroatoms. The van der Waals surface area contributed by atoms with Gasteiger partial charge in [-0.3, -0.25) is 4.79 Å². The summed E-state index contributed by atoms with van der Waals surface area (Å²) in [6, 6.07) is 1.69. The van der Waals surface area contributed by atoms with E-state index in [1.54, 1.807) is 17.4 Å². The van der Waals surface area contributed by atoms with Crippen LogP contribution in [0.4, 0.5) is 5.82 Å². The highest BCUT2D eigenvalue weighted by Crippen LogP contribution is 2.24. The lowest BCUT2D eigenvalue weighted by molar-refractivity contribution is -0.122. The Kier molecular flexibility index (Phi) is 4.62. The van der Waals surface area contributed by atoms with Crippen molar-refractivity contribution in [2.24, 2.45) is 0 Å². The molecule has 0 fully saturated rings. The van der Waals surface area contributed by atoms with Crippen molar-refractivity contribution in [2.45, 2.75) is 46.7 Å². The number of carbonyl (C=O) groups is 1. The summed E-state index contributed by atoms with van der Waals surface area (Å²) in [6.45, 7) is 8.03. The van der Waals surface area contributed by atoms with Gasteiger partial charge in [-0.1, -0.05) is 6.92 Å². The lowest BCUT2D eigenvalue weighted by atomic mass is 10.2. The van der Waals surface area contributed by atoms with Crippen molar-refractivity contribution in [3.8, 4) is 0 Å². The Balaban J connectivity index is 2.04. The Morgan fingerprint density at radius 2 is 2.19 bits per heavy atom. The first kappa shape index (κ1) is 15.5. The molecule has 1 amide bonds. The third-order valence-corrected chi connectivity index (χ3v) is 4.50. The number of amides is 1. The van der Waals surface area contributed by atoms with Crippen LogP contribution in [0.3, 0.4) is 0 Å². The number of carbonyl (C=O) groups excluding carboxylic acids is 1. The molecule has 0 saturated carbocycles. The Morgan fingerprint density at radius 1 is 1.48 bits per heavy atom. The highest BCUT2D eigenvalue weighted by Gasteiger charge is 2.18. The van der Waals surface area contributed by atoms with Crippen molar-refractivity contribution in [3.05, 3.63) is 27.3 Å². The standard InChI is InChI=1S/C14H21N5OS/c1-5-11(14-16-9(3)10(4)21-14)17-13(20)7-19-12(15)6-8(2)18-19/h6,11H,5,7,15H2,1-4H3,(H,17,20)/t11-/m1/s1. The van der Waals surface area contributed by atoms with E-state index in [2.05, 4.69) is 15.4 Å². The van der Waals surface area contributed by atoms with Crippen LogP contribution in [0.1, 0.15) is 40.7 Å². The number of nitrogens with zero attached hydrogens (tertiary/aromatic N) is 3. The first-order valence-electron chi connectivity index (χ1n) is 6.94. The zero-order chi connectivity index (χ0) is 15.6. The summed E-state index contributed by atoms with van der Waals surface area (Å²) in [6.07, 6.45) is 0.797. The fraction of sp³-hybridized carbons (Fsp3) is 0.500. The van der Waals surface area contributed by atoms with Gasteiger partial charge in [0.05, 0.1) is 17.4 Å². The Hall–Kier alpha value is -1.89. The molecule has 0 aliphatic heterocycles. The minimum absolute atomic E-state index is 0.0622. The number of nitrogens with one attached hydrogen (secondary N) is 1. The first-order valence-corrected chi connectivity index (χ1v) is 7.75. The van der Waals surface area contributed by atoms with E-state index in [4.69, 9.17) is 5.73 Å². The van der Waals surface area contributed by atoms with Crippen molar-refractivity contribution in [1.82, 2.24) is 20.1 Å². The van der Waals surface area contributed by atoms with Crippen molar-refractivity contribution in [2.75, 3.05) is 5.73 Å². The van der Waals surface area contributed by atoms with Gasteiger partial charge in [-0.25, -0.2) is 9.67 Å². The van der Waals surface area contributed by atoms with Crippen LogP contribution in [0, 0.1) is 20.8 Å². The maximum absolute atomic E-state index is 12.2. The molecule has 3 N–H and O–H groups in total. The number of nitrogen functional groups attached to an aromatic ring is 1. The van der Waals surface area contributed by atoms with Crippen LogP contribution in [0.5, 0.6) is 0 Å². The normalized spacial score (nSPS) is 12.4. The van der Waals surface area contributed by atoms with E-state index in [0.29, 0.717) is 5.82 Å². The van der Waals surface area contributed by atoms with E-state index in [9.17, 15) is 4.79 Å². The smallest absolute Gasteiger partial charge is 0.242 e. The number of anilines is 1. The zero-order valence-electron chi connectivity index (χ0n) is 12.8. The summed E-state index contributed by atoms with van der Waals surface area (Å²) in [7, 11) is 0. The minimum Gasteiger partial charge on any atom is -0.384 e. The van der Waals surface area contributed by atoms with Gasteiger partial charge < -0.3 is 11.1 Å². The summed E-state index contributed by atoms with van der Waals surface area (Å²) >= 11 is 1.63. The fourth-order valence-corrected chi connectivity index (χ4v) is 3.11. The molecule has 0 aliphatic carbocycles. The Labute approximate surface area is 128 Å². The molecule has 2 aromatic heterocycles. The topological polar surface area (TPSA) is 85.8 Å². The number of hydrogen-bond donors (Lipinski definition) is 2. The molecule has 0 aliphatic rings. The SMILES string of the molecule is CC[C@@H](NC(=O)Cn1nc(C)cc1N)c1nc(C)c(C)s1. The van der Waals surface area contributed by atoms with Crippen molar-refractivity contribution < 1.29 is 4.79 Å². The summed E-state index contributed by atoms with van der Waals surface area (Å²) < 4.78 is 1.51. The van der Waals surface area contributed by atoms with E-state index in [0.717, 1.165) is 22.8 Å². The van der Waals surface area contributed by atoms with Crippen LogP contribution < -0.4 is 11.1 Å². The summed E-state index contributed by atoms with van der Waals surface area (Å²) in [5.41, 5.74) is 7.62. The van der Waals surface area contributed by atoms with Crippen LogP contribution in [0.15, 0.2) is 6.07 Å². The predicted octanol–water partition coefficient (Wildman–Crippen LogP) is 2.11. The zero-order valence-corrected chi connectivity index (χ0v) is 13.6. The van der Waals surface area contributed by atoms with Gasteiger partial charge in [0.25, 0.3) is 0 Å². The molecule has 0 radical (unpaired) electrons. The molecule has 2 heterocycles. The van der Waals surface area contributed by atoms with E-state index in [1.165, 1.54) is 9.56 Å². The van der Waals surface area contributed by atoms with Gasteiger partial charge in [-0.05, 0) is 27.2 Å². The first-order chi connectivity index (χ1) is 9.90. The van der Waals surface area contributed by atoms with Gasteiger partial charge in [-0.15, -0.1) is 11.3 Å². The third-order valence-electron chi connectivity index (χ3n) is 3.31. The fourth-order valence-electron chi connectivity index (χ4n) is 2.05. The molecule has 0 saturated heterocycles. The highest BCUT2D eigenvalue weighted by molar-refractivity contribution is 7.11. The third kappa shape index (κ3) is 3.60. The number of aromatic nitrogens is 3. The van der Waals surface area contributed by atoms with Crippen molar-refractivity contribution in [1.29, 1.82) is 0 Å². The van der Waals surface area contributed by atoms with Gasteiger partial charge in [0.2, 0.25) is 5.91 Å². The average Bonchev–Trinajstić information content (AvgIpc) is 2.90. The second kappa shape index (κ2) is 6.26. The highest BCUT2D eigenvalue weighted by atomic mass is 32.1. The van der Waals surface area contributed by atoms with Gasteiger partial charge >= 0.3 is 0 Å². The van der Waals surface area contributed by atoms with Gasteiger partial charge in [-0.2, -0.15) is 5.10 Å².